The zero-order valence-electron chi connectivity index (χ0n) is 15.2. The van der Waals surface area contributed by atoms with Crippen molar-refractivity contribution < 1.29 is 23.5 Å². The standard InChI is InChI=1S/C20H15BrCl2O5/c1-4-26-20(25)15-10(3)27-18-9(2)5-14(17(21)16(15)18)28-19(24)11-6-12(22)8-13(23)7-11/h5-8H,4H2,1-3H3. The number of carbonyl (C=O) groups is 2. The van der Waals surface area contributed by atoms with Gasteiger partial charge in [0.05, 0.1) is 22.0 Å². The summed E-state index contributed by atoms with van der Waals surface area (Å²) >= 11 is 15.3. The molecular formula is C20H15BrCl2O5. The Morgan fingerprint density at radius 2 is 1.71 bits per heavy atom. The van der Waals surface area contributed by atoms with E-state index in [1.807, 2.05) is 0 Å². The van der Waals surface area contributed by atoms with Crippen LogP contribution in [0.15, 0.2) is 33.2 Å². The number of rotatable bonds is 4. The third-order valence-electron chi connectivity index (χ3n) is 4.01. The molecule has 0 aliphatic carbocycles. The van der Waals surface area contributed by atoms with Crippen LogP contribution in [0, 0.1) is 13.8 Å². The molecule has 2 aromatic carbocycles. The van der Waals surface area contributed by atoms with Gasteiger partial charge in [0.2, 0.25) is 0 Å². The van der Waals surface area contributed by atoms with Gasteiger partial charge in [-0.05, 0) is 66.5 Å². The average Bonchev–Trinajstić information content (AvgIpc) is 2.96. The normalized spacial score (nSPS) is 10.9. The van der Waals surface area contributed by atoms with E-state index in [0.717, 1.165) is 0 Å². The van der Waals surface area contributed by atoms with E-state index < -0.39 is 11.9 Å². The molecule has 146 valence electrons. The fourth-order valence-corrected chi connectivity index (χ4v) is 3.93. The Balaban J connectivity index is 2.09. The SMILES string of the molecule is CCOC(=O)c1c(C)oc2c(C)cc(OC(=O)c3cc(Cl)cc(Cl)c3)c(Br)c12. The minimum atomic E-state index is -0.637. The van der Waals surface area contributed by atoms with Crippen molar-refractivity contribution in [1.82, 2.24) is 0 Å². The van der Waals surface area contributed by atoms with Crippen molar-refractivity contribution in [2.24, 2.45) is 0 Å². The largest absolute Gasteiger partial charge is 0.462 e. The molecule has 3 aromatic rings. The number of halogens is 3. The number of aryl methyl sites for hydroxylation is 2. The Bertz CT molecular complexity index is 1080. The third-order valence-corrected chi connectivity index (χ3v) is 5.23. The summed E-state index contributed by atoms with van der Waals surface area (Å²) in [6, 6.07) is 6.09. The molecule has 0 atom stereocenters. The minimum absolute atomic E-state index is 0.205. The van der Waals surface area contributed by atoms with Crippen LogP contribution in [0.4, 0.5) is 0 Å². The number of fused-ring (bicyclic) bond motifs is 1. The van der Waals surface area contributed by atoms with Crippen LogP contribution in [0.2, 0.25) is 10.0 Å². The average molecular weight is 486 g/mol. The highest BCUT2D eigenvalue weighted by Crippen LogP contribution is 2.40. The van der Waals surface area contributed by atoms with E-state index in [4.69, 9.17) is 37.1 Å². The highest BCUT2D eigenvalue weighted by Gasteiger charge is 2.26. The van der Waals surface area contributed by atoms with Crippen molar-refractivity contribution in [1.29, 1.82) is 0 Å². The number of benzene rings is 2. The summed E-state index contributed by atoms with van der Waals surface area (Å²) < 4.78 is 16.8. The highest BCUT2D eigenvalue weighted by molar-refractivity contribution is 9.10. The second-order valence-electron chi connectivity index (χ2n) is 6.01. The first-order chi connectivity index (χ1) is 13.2. The van der Waals surface area contributed by atoms with Gasteiger partial charge in [-0.1, -0.05) is 23.2 Å². The summed E-state index contributed by atoms with van der Waals surface area (Å²) in [5, 5.41) is 1.13. The van der Waals surface area contributed by atoms with Crippen LogP contribution in [-0.2, 0) is 4.74 Å². The lowest BCUT2D eigenvalue weighted by atomic mass is 10.1. The molecule has 0 amide bonds. The lowest BCUT2D eigenvalue weighted by molar-refractivity contribution is 0.0526. The maximum atomic E-state index is 12.6. The monoisotopic (exact) mass is 484 g/mol. The smallest absolute Gasteiger partial charge is 0.343 e. The zero-order valence-corrected chi connectivity index (χ0v) is 18.3. The molecule has 0 aliphatic heterocycles. The molecular weight excluding hydrogens is 471 g/mol. The molecule has 0 radical (unpaired) electrons. The number of esters is 2. The van der Waals surface area contributed by atoms with E-state index in [2.05, 4.69) is 15.9 Å². The summed E-state index contributed by atoms with van der Waals surface area (Å²) in [5.74, 6) is -0.495. The van der Waals surface area contributed by atoms with Crippen LogP contribution in [0.1, 0.15) is 39.0 Å². The van der Waals surface area contributed by atoms with Crippen LogP contribution >= 0.6 is 39.1 Å². The van der Waals surface area contributed by atoms with Gasteiger partial charge in [0.1, 0.15) is 22.7 Å². The van der Waals surface area contributed by atoms with Gasteiger partial charge < -0.3 is 13.9 Å². The Labute approximate surface area is 179 Å². The quantitative estimate of drug-likeness (QED) is 0.311. The highest BCUT2D eigenvalue weighted by atomic mass is 79.9. The molecule has 1 aromatic heterocycles. The van der Waals surface area contributed by atoms with E-state index in [9.17, 15) is 9.59 Å². The van der Waals surface area contributed by atoms with Crippen LogP contribution in [0.25, 0.3) is 11.0 Å². The molecule has 28 heavy (non-hydrogen) atoms. The topological polar surface area (TPSA) is 65.7 Å². The number of furan rings is 1. The van der Waals surface area contributed by atoms with Crippen LogP contribution < -0.4 is 4.74 Å². The van der Waals surface area contributed by atoms with Gasteiger partial charge in [0, 0.05) is 10.0 Å². The number of hydrogen-bond donors (Lipinski definition) is 0. The Morgan fingerprint density at radius 3 is 2.32 bits per heavy atom. The predicted octanol–water partition coefficient (Wildman–Crippen LogP) is 6.51. The third kappa shape index (κ3) is 3.90. The van der Waals surface area contributed by atoms with E-state index in [-0.39, 0.29) is 23.5 Å². The number of hydrogen-bond acceptors (Lipinski definition) is 5. The van der Waals surface area contributed by atoms with Crippen molar-refractivity contribution in [3.8, 4) is 5.75 Å². The van der Waals surface area contributed by atoms with Crippen molar-refractivity contribution in [3.63, 3.8) is 0 Å². The van der Waals surface area contributed by atoms with Crippen molar-refractivity contribution in [2.75, 3.05) is 6.61 Å². The van der Waals surface area contributed by atoms with E-state index in [1.54, 1.807) is 26.8 Å². The fraction of sp³-hybridized carbons (Fsp3) is 0.200. The first-order valence-electron chi connectivity index (χ1n) is 8.30. The van der Waals surface area contributed by atoms with E-state index >= 15 is 0 Å². The molecule has 0 aliphatic rings. The second kappa shape index (κ2) is 8.15. The van der Waals surface area contributed by atoms with Gasteiger partial charge in [-0.2, -0.15) is 0 Å². The molecule has 0 fully saturated rings. The van der Waals surface area contributed by atoms with Crippen molar-refractivity contribution >= 4 is 62.0 Å². The van der Waals surface area contributed by atoms with Gasteiger partial charge in [-0.25, -0.2) is 9.59 Å². The van der Waals surface area contributed by atoms with Gasteiger partial charge in [-0.15, -0.1) is 0 Å². The van der Waals surface area contributed by atoms with Gasteiger partial charge in [0.25, 0.3) is 0 Å². The maximum Gasteiger partial charge on any atom is 0.343 e. The molecule has 0 bridgehead atoms. The molecule has 0 unspecified atom stereocenters. The fourth-order valence-electron chi connectivity index (χ4n) is 2.83. The molecule has 0 saturated heterocycles. The Morgan fingerprint density at radius 1 is 1.07 bits per heavy atom. The van der Waals surface area contributed by atoms with Crippen molar-refractivity contribution in [2.45, 2.75) is 20.8 Å². The summed E-state index contributed by atoms with van der Waals surface area (Å²) in [4.78, 5) is 25.0. The molecule has 3 rings (SSSR count). The number of ether oxygens (including phenoxy) is 2. The summed E-state index contributed by atoms with van der Waals surface area (Å²) in [6.45, 7) is 5.42. The lowest BCUT2D eigenvalue weighted by Gasteiger charge is -2.10. The van der Waals surface area contributed by atoms with Crippen LogP contribution in [0.3, 0.4) is 0 Å². The first-order valence-corrected chi connectivity index (χ1v) is 9.85. The Kier molecular flexibility index (Phi) is 6.03. The second-order valence-corrected chi connectivity index (χ2v) is 7.68. The summed E-state index contributed by atoms with van der Waals surface area (Å²) in [6.07, 6.45) is 0. The van der Waals surface area contributed by atoms with Crippen LogP contribution in [-0.4, -0.2) is 18.5 Å². The Hall–Kier alpha value is -2.02. The molecule has 0 saturated carbocycles. The lowest BCUT2D eigenvalue weighted by Crippen LogP contribution is -2.10. The van der Waals surface area contributed by atoms with Gasteiger partial charge >= 0.3 is 11.9 Å². The molecule has 0 spiro atoms. The van der Waals surface area contributed by atoms with Crippen molar-refractivity contribution in [3.05, 3.63) is 61.2 Å². The van der Waals surface area contributed by atoms with E-state index in [1.165, 1.54) is 18.2 Å². The predicted molar refractivity (Wildman–Crippen MR) is 111 cm³/mol. The molecule has 0 N–H and O–H groups in total. The first kappa shape index (κ1) is 20.7. The van der Waals surface area contributed by atoms with Gasteiger partial charge in [-0.3, -0.25) is 0 Å². The minimum Gasteiger partial charge on any atom is -0.462 e. The van der Waals surface area contributed by atoms with Gasteiger partial charge in [0.15, 0.2) is 0 Å². The molecule has 8 heteroatoms. The maximum absolute atomic E-state index is 12.6. The summed E-state index contributed by atoms with van der Waals surface area (Å²) in [5.41, 5.74) is 1.70. The zero-order chi connectivity index (χ0) is 20.6. The molecule has 5 nitrogen and oxygen atoms in total. The van der Waals surface area contributed by atoms with E-state index in [0.29, 0.717) is 36.8 Å². The summed E-state index contributed by atoms with van der Waals surface area (Å²) in [7, 11) is 0. The van der Waals surface area contributed by atoms with Crippen LogP contribution in [0.5, 0.6) is 5.75 Å². The number of carbonyl (C=O) groups excluding carboxylic acids is 2. The molecule has 1 heterocycles.